The van der Waals surface area contributed by atoms with E-state index in [1.165, 1.54) is 25.8 Å². The van der Waals surface area contributed by atoms with Crippen LogP contribution < -0.4 is 15.4 Å². The average molecular weight is 321 g/mol. The molecule has 0 aromatic heterocycles. The topological polar surface area (TPSA) is 36.5 Å². The van der Waals surface area contributed by atoms with E-state index in [-0.39, 0.29) is 0 Å². The minimum absolute atomic E-state index is 0.486. The van der Waals surface area contributed by atoms with Crippen LogP contribution in [0.5, 0.6) is 5.75 Å². The van der Waals surface area contributed by atoms with E-state index in [0.29, 0.717) is 17.2 Å². The first-order valence-corrected chi connectivity index (χ1v) is 8.45. The standard InChI is InChI=1S/C17H27N3OS/c1-13-7-4-5-10-20(13)14(2)12-18-17(22)19-15-8-6-9-16(11-15)21-3/h6,8-9,11,13-14H,4-5,7,10,12H2,1-3H3,(H2,18,19,22)/t13-,14+/m1/s1. The van der Waals surface area contributed by atoms with Crippen molar-refractivity contribution in [2.75, 3.05) is 25.5 Å². The second-order valence-corrected chi connectivity index (χ2v) is 6.41. The zero-order valence-electron chi connectivity index (χ0n) is 13.8. The highest BCUT2D eigenvalue weighted by atomic mass is 32.1. The molecule has 0 unspecified atom stereocenters. The van der Waals surface area contributed by atoms with Gasteiger partial charge in [0.25, 0.3) is 0 Å². The van der Waals surface area contributed by atoms with Gasteiger partial charge in [-0.2, -0.15) is 0 Å². The molecule has 0 spiro atoms. The van der Waals surface area contributed by atoms with Crippen LogP contribution >= 0.6 is 12.2 Å². The number of hydrogen-bond donors (Lipinski definition) is 2. The molecule has 22 heavy (non-hydrogen) atoms. The molecule has 122 valence electrons. The third-order valence-corrected chi connectivity index (χ3v) is 4.55. The van der Waals surface area contributed by atoms with E-state index in [1.807, 2.05) is 24.3 Å². The normalized spacial score (nSPS) is 20.2. The van der Waals surface area contributed by atoms with Crippen LogP contribution in [0.4, 0.5) is 5.69 Å². The van der Waals surface area contributed by atoms with E-state index in [2.05, 4.69) is 29.4 Å². The maximum Gasteiger partial charge on any atom is 0.170 e. The van der Waals surface area contributed by atoms with Crippen molar-refractivity contribution in [2.45, 2.75) is 45.2 Å². The van der Waals surface area contributed by atoms with Gasteiger partial charge in [-0.1, -0.05) is 12.5 Å². The molecule has 1 saturated heterocycles. The van der Waals surface area contributed by atoms with Gasteiger partial charge in [0.2, 0.25) is 0 Å². The molecule has 4 nitrogen and oxygen atoms in total. The lowest BCUT2D eigenvalue weighted by atomic mass is 10.0. The molecule has 0 bridgehead atoms. The van der Waals surface area contributed by atoms with Crippen molar-refractivity contribution in [1.82, 2.24) is 10.2 Å². The number of benzene rings is 1. The number of nitrogens with zero attached hydrogens (tertiary/aromatic N) is 1. The van der Waals surface area contributed by atoms with Crippen molar-refractivity contribution in [3.63, 3.8) is 0 Å². The van der Waals surface area contributed by atoms with Gasteiger partial charge >= 0.3 is 0 Å². The van der Waals surface area contributed by atoms with Gasteiger partial charge in [-0.3, -0.25) is 4.90 Å². The van der Waals surface area contributed by atoms with Crippen LogP contribution in [-0.4, -0.2) is 42.3 Å². The fraction of sp³-hybridized carbons (Fsp3) is 0.588. The van der Waals surface area contributed by atoms with E-state index in [4.69, 9.17) is 17.0 Å². The van der Waals surface area contributed by atoms with Crippen LogP contribution in [0.15, 0.2) is 24.3 Å². The van der Waals surface area contributed by atoms with Gasteiger partial charge < -0.3 is 15.4 Å². The fourth-order valence-electron chi connectivity index (χ4n) is 3.01. The number of nitrogens with one attached hydrogen (secondary N) is 2. The SMILES string of the molecule is COc1cccc(NC(=S)NC[C@H](C)N2CCCC[C@H]2C)c1. The van der Waals surface area contributed by atoms with E-state index >= 15 is 0 Å². The fourth-order valence-corrected chi connectivity index (χ4v) is 3.21. The Kier molecular flexibility index (Phi) is 6.46. The summed E-state index contributed by atoms with van der Waals surface area (Å²) >= 11 is 5.38. The number of ether oxygens (including phenoxy) is 1. The largest absolute Gasteiger partial charge is 0.497 e. The molecule has 1 aliphatic heterocycles. The molecular formula is C17H27N3OS. The van der Waals surface area contributed by atoms with Crippen molar-refractivity contribution < 1.29 is 4.74 Å². The maximum atomic E-state index is 5.38. The Morgan fingerprint density at radius 2 is 2.27 bits per heavy atom. The summed E-state index contributed by atoms with van der Waals surface area (Å²) in [6.45, 7) is 6.64. The second-order valence-electron chi connectivity index (χ2n) is 6.00. The Balaban J connectivity index is 1.79. The molecule has 1 aliphatic rings. The summed E-state index contributed by atoms with van der Waals surface area (Å²) in [6.07, 6.45) is 3.96. The quantitative estimate of drug-likeness (QED) is 0.814. The Bertz CT molecular complexity index is 495. The summed E-state index contributed by atoms with van der Waals surface area (Å²) in [5, 5.41) is 7.19. The predicted molar refractivity (Wildman–Crippen MR) is 96.7 cm³/mol. The van der Waals surface area contributed by atoms with Crippen LogP contribution in [-0.2, 0) is 0 Å². The molecule has 2 N–H and O–H groups in total. The Hall–Kier alpha value is -1.33. The van der Waals surface area contributed by atoms with E-state index in [0.717, 1.165) is 18.0 Å². The van der Waals surface area contributed by atoms with Crippen molar-refractivity contribution in [3.05, 3.63) is 24.3 Å². The summed E-state index contributed by atoms with van der Waals surface area (Å²) < 4.78 is 5.22. The maximum absolute atomic E-state index is 5.38. The third-order valence-electron chi connectivity index (χ3n) is 4.31. The molecular weight excluding hydrogens is 294 g/mol. The van der Waals surface area contributed by atoms with Gasteiger partial charge in [-0.25, -0.2) is 0 Å². The highest BCUT2D eigenvalue weighted by Gasteiger charge is 2.22. The molecule has 1 aromatic rings. The second kappa shape index (κ2) is 8.34. The summed E-state index contributed by atoms with van der Waals surface area (Å²) in [5.41, 5.74) is 0.941. The van der Waals surface area contributed by atoms with Gasteiger partial charge in [-0.05, 0) is 57.6 Å². The van der Waals surface area contributed by atoms with Crippen molar-refractivity contribution in [2.24, 2.45) is 0 Å². The lowest BCUT2D eigenvalue weighted by molar-refractivity contribution is 0.116. The molecule has 1 heterocycles. The summed E-state index contributed by atoms with van der Waals surface area (Å²) in [4.78, 5) is 2.57. The lowest BCUT2D eigenvalue weighted by Crippen LogP contribution is -2.48. The number of piperidine rings is 1. The van der Waals surface area contributed by atoms with Crippen molar-refractivity contribution >= 4 is 23.0 Å². The zero-order chi connectivity index (χ0) is 15.9. The van der Waals surface area contributed by atoms with E-state index < -0.39 is 0 Å². The van der Waals surface area contributed by atoms with E-state index in [9.17, 15) is 0 Å². The van der Waals surface area contributed by atoms with Gasteiger partial charge in [-0.15, -0.1) is 0 Å². The molecule has 5 heteroatoms. The Labute approximate surface area is 139 Å². The average Bonchev–Trinajstić information content (AvgIpc) is 2.53. The van der Waals surface area contributed by atoms with Crippen LogP contribution in [0, 0.1) is 0 Å². The number of anilines is 1. The van der Waals surface area contributed by atoms with Crippen molar-refractivity contribution in [1.29, 1.82) is 0 Å². The summed E-state index contributed by atoms with van der Waals surface area (Å²) in [7, 11) is 1.66. The minimum atomic E-state index is 0.486. The lowest BCUT2D eigenvalue weighted by Gasteiger charge is -2.38. The Morgan fingerprint density at radius 3 is 3.00 bits per heavy atom. The van der Waals surface area contributed by atoms with Crippen LogP contribution in [0.1, 0.15) is 33.1 Å². The van der Waals surface area contributed by atoms with Gasteiger partial charge in [0.1, 0.15) is 5.75 Å². The number of likely N-dealkylation sites (tertiary alicyclic amines) is 1. The molecule has 2 rings (SSSR count). The van der Waals surface area contributed by atoms with E-state index in [1.54, 1.807) is 7.11 Å². The minimum Gasteiger partial charge on any atom is -0.497 e. The van der Waals surface area contributed by atoms with Gasteiger partial charge in [0.15, 0.2) is 5.11 Å². The first-order valence-electron chi connectivity index (χ1n) is 8.05. The van der Waals surface area contributed by atoms with Crippen LogP contribution in [0.3, 0.4) is 0 Å². The first kappa shape index (κ1) is 17.0. The zero-order valence-corrected chi connectivity index (χ0v) is 14.6. The molecule has 0 amide bonds. The number of methoxy groups -OCH3 is 1. The first-order chi connectivity index (χ1) is 10.6. The van der Waals surface area contributed by atoms with Gasteiger partial charge in [0.05, 0.1) is 7.11 Å². The number of hydrogen-bond acceptors (Lipinski definition) is 3. The molecule has 0 radical (unpaired) electrons. The summed E-state index contributed by atoms with van der Waals surface area (Å²) in [5.74, 6) is 0.823. The molecule has 2 atom stereocenters. The molecule has 1 aromatic carbocycles. The highest BCUT2D eigenvalue weighted by Crippen LogP contribution is 2.19. The molecule has 1 fully saturated rings. The highest BCUT2D eigenvalue weighted by molar-refractivity contribution is 7.80. The monoisotopic (exact) mass is 321 g/mol. The summed E-state index contributed by atoms with van der Waals surface area (Å²) in [6, 6.07) is 8.94. The Morgan fingerprint density at radius 1 is 1.45 bits per heavy atom. The third kappa shape index (κ3) is 4.85. The van der Waals surface area contributed by atoms with Crippen LogP contribution in [0.2, 0.25) is 0 Å². The van der Waals surface area contributed by atoms with Crippen LogP contribution in [0.25, 0.3) is 0 Å². The molecule has 0 saturated carbocycles. The van der Waals surface area contributed by atoms with Gasteiger partial charge in [0, 0.05) is 30.4 Å². The number of rotatable bonds is 5. The predicted octanol–water partition coefficient (Wildman–Crippen LogP) is 3.24. The molecule has 0 aliphatic carbocycles. The smallest absolute Gasteiger partial charge is 0.170 e. The van der Waals surface area contributed by atoms with Crippen molar-refractivity contribution in [3.8, 4) is 5.75 Å². The number of thiocarbonyl (C=S) groups is 1.